The zero-order chi connectivity index (χ0) is 29.7. The Hall–Kier alpha value is -3.97. The van der Waals surface area contributed by atoms with Gasteiger partial charge in [0.25, 0.3) is 0 Å². The van der Waals surface area contributed by atoms with Crippen LogP contribution in [0.4, 0.5) is 0 Å². The van der Waals surface area contributed by atoms with Crippen molar-refractivity contribution in [2.45, 2.75) is 76.5 Å². The van der Waals surface area contributed by atoms with E-state index in [-0.39, 0.29) is 30.9 Å². The number of carboxylic acids is 1. The number of aromatic amines is 1. The van der Waals surface area contributed by atoms with Crippen LogP contribution in [0.25, 0.3) is 0 Å². The first-order valence-corrected chi connectivity index (χ1v) is 13.4. The number of amides is 3. The van der Waals surface area contributed by atoms with Gasteiger partial charge >= 0.3 is 5.97 Å². The van der Waals surface area contributed by atoms with Crippen molar-refractivity contribution in [2.24, 2.45) is 17.4 Å². The molecule has 0 radical (unpaired) electrons. The maximum atomic E-state index is 13.5. The molecule has 0 spiro atoms. The van der Waals surface area contributed by atoms with Gasteiger partial charge in [-0.3, -0.25) is 14.4 Å². The van der Waals surface area contributed by atoms with Crippen LogP contribution in [0, 0.1) is 5.92 Å². The number of rotatable bonds is 17. The molecule has 0 saturated carbocycles. The minimum atomic E-state index is -1.17. The van der Waals surface area contributed by atoms with Gasteiger partial charge in [0.05, 0.1) is 12.4 Å². The van der Waals surface area contributed by atoms with Gasteiger partial charge in [0.1, 0.15) is 23.9 Å². The number of carbonyl (C=O) groups is 4. The fourth-order valence-corrected chi connectivity index (χ4v) is 4.05. The number of phenols is 1. The van der Waals surface area contributed by atoms with Crippen molar-refractivity contribution in [1.82, 2.24) is 25.9 Å². The molecule has 10 N–H and O–H groups in total. The summed E-state index contributed by atoms with van der Waals surface area (Å²) in [6.45, 7) is 4.03. The molecule has 5 atom stereocenters. The number of phenolic OH excluding ortho intramolecular Hbond substituents is 1. The number of carboxylic acid groups (broad SMARTS) is 1. The van der Waals surface area contributed by atoms with E-state index in [1.54, 1.807) is 19.1 Å². The summed E-state index contributed by atoms with van der Waals surface area (Å²) in [6, 6.07) is 2.02. The molecule has 0 aliphatic heterocycles. The molecular weight excluding hydrogens is 518 g/mol. The molecule has 0 saturated heterocycles. The lowest BCUT2D eigenvalue weighted by Crippen LogP contribution is -2.59. The summed E-state index contributed by atoms with van der Waals surface area (Å²) >= 11 is 0. The Labute approximate surface area is 233 Å². The zero-order valence-electron chi connectivity index (χ0n) is 22.9. The number of aliphatic carboxylic acids is 1. The molecule has 0 fully saturated rings. The van der Waals surface area contributed by atoms with Crippen molar-refractivity contribution in [2.75, 3.05) is 6.54 Å². The number of hydrogen-bond acceptors (Lipinski definition) is 8. The van der Waals surface area contributed by atoms with Gasteiger partial charge < -0.3 is 42.6 Å². The van der Waals surface area contributed by atoms with Crippen molar-refractivity contribution in [3.63, 3.8) is 0 Å². The highest BCUT2D eigenvalue weighted by Crippen LogP contribution is 2.13. The number of carbonyl (C=O) groups excluding carboxylic acids is 3. The fourth-order valence-electron chi connectivity index (χ4n) is 4.05. The smallest absolute Gasteiger partial charge is 0.326 e. The second kappa shape index (κ2) is 16.2. The molecule has 1 aromatic carbocycles. The van der Waals surface area contributed by atoms with Gasteiger partial charge in [-0.05, 0) is 55.8 Å². The van der Waals surface area contributed by atoms with E-state index in [1.807, 2.05) is 6.92 Å². The molecule has 5 unspecified atom stereocenters. The molecule has 220 valence electrons. The molecule has 3 amide bonds. The molecule has 0 bridgehead atoms. The van der Waals surface area contributed by atoms with Gasteiger partial charge in [-0.15, -0.1) is 0 Å². The van der Waals surface area contributed by atoms with Crippen LogP contribution in [0.2, 0.25) is 0 Å². The van der Waals surface area contributed by atoms with Crippen molar-refractivity contribution >= 4 is 23.7 Å². The highest BCUT2D eigenvalue weighted by Gasteiger charge is 2.33. The van der Waals surface area contributed by atoms with Gasteiger partial charge in [-0.1, -0.05) is 32.4 Å². The number of benzene rings is 1. The van der Waals surface area contributed by atoms with Crippen molar-refractivity contribution in [1.29, 1.82) is 0 Å². The fraction of sp³-hybridized carbons (Fsp3) is 0.519. The Morgan fingerprint density at radius 3 is 2.23 bits per heavy atom. The summed E-state index contributed by atoms with van der Waals surface area (Å²) in [4.78, 5) is 58.1. The number of nitrogens with two attached hydrogens (primary N) is 2. The predicted octanol–water partition coefficient (Wildman–Crippen LogP) is -0.0581. The maximum absolute atomic E-state index is 13.5. The standard InChI is InChI=1S/C27H41N7O6/c1-3-16(2)23(26(38)32-21(27(39)40)6-4-5-11-28)34-25(37)22(13-18-14-30-15-31-18)33-24(36)20(29)12-17-7-9-19(35)10-8-17/h7-10,14-16,20-23,35H,3-6,11-13,28-29H2,1-2H3,(H,30,31)(H,32,38)(H,33,36)(H,34,37)(H,39,40). The first kappa shape index (κ1) is 32.2. The lowest BCUT2D eigenvalue weighted by atomic mass is 9.96. The largest absolute Gasteiger partial charge is 0.508 e. The molecule has 40 heavy (non-hydrogen) atoms. The summed E-state index contributed by atoms with van der Waals surface area (Å²) in [5.41, 5.74) is 12.9. The van der Waals surface area contributed by atoms with Crippen LogP contribution in [0.1, 0.15) is 50.8 Å². The van der Waals surface area contributed by atoms with E-state index in [2.05, 4.69) is 25.9 Å². The number of hydrogen-bond donors (Lipinski definition) is 8. The number of aromatic nitrogens is 2. The molecule has 2 rings (SSSR count). The van der Waals surface area contributed by atoms with Gasteiger partial charge in [-0.25, -0.2) is 9.78 Å². The SMILES string of the molecule is CCC(C)C(NC(=O)C(Cc1cnc[nH]1)NC(=O)C(N)Cc1ccc(O)cc1)C(=O)NC(CCCCN)C(=O)O. The molecule has 1 heterocycles. The van der Waals surface area contributed by atoms with E-state index in [0.717, 1.165) is 5.56 Å². The summed E-state index contributed by atoms with van der Waals surface area (Å²) in [5.74, 6) is -3.26. The Morgan fingerprint density at radius 1 is 0.975 bits per heavy atom. The number of imidazole rings is 1. The molecule has 1 aromatic heterocycles. The van der Waals surface area contributed by atoms with Crippen molar-refractivity contribution in [3.8, 4) is 5.75 Å². The molecule has 0 aliphatic rings. The quantitative estimate of drug-likeness (QED) is 0.121. The molecule has 0 aliphatic carbocycles. The van der Waals surface area contributed by atoms with Crippen molar-refractivity contribution in [3.05, 3.63) is 48.0 Å². The van der Waals surface area contributed by atoms with E-state index in [9.17, 15) is 29.4 Å². The van der Waals surface area contributed by atoms with Gasteiger partial charge in [0, 0.05) is 18.3 Å². The highest BCUT2D eigenvalue weighted by atomic mass is 16.4. The van der Waals surface area contributed by atoms with Crippen LogP contribution >= 0.6 is 0 Å². The van der Waals surface area contributed by atoms with Gasteiger partial charge in [-0.2, -0.15) is 0 Å². The van der Waals surface area contributed by atoms with Gasteiger partial charge in [0.15, 0.2) is 0 Å². The van der Waals surface area contributed by atoms with Gasteiger partial charge in [0.2, 0.25) is 17.7 Å². The Kier molecular flexibility index (Phi) is 13.1. The summed E-state index contributed by atoms with van der Waals surface area (Å²) in [6.07, 6.45) is 5.05. The number of aromatic hydroxyl groups is 1. The minimum absolute atomic E-state index is 0.0508. The van der Waals surface area contributed by atoms with E-state index < -0.39 is 47.9 Å². The van der Waals surface area contributed by atoms with E-state index in [1.165, 1.54) is 24.7 Å². The number of nitrogens with one attached hydrogen (secondary N) is 4. The number of unbranched alkanes of at least 4 members (excludes halogenated alkanes) is 1. The Balaban J connectivity index is 2.17. The lowest BCUT2D eigenvalue weighted by Gasteiger charge is -2.28. The Bertz CT molecular complexity index is 1090. The van der Waals surface area contributed by atoms with Crippen LogP contribution in [-0.4, -0.2) is 74.6 Å². The monoisotopic (exact) mass is 559 g/mol. The average Bonchev–Trinajstić information content (AvgIpc) is 3.44. The van der Waals surface area contributed by atoms with Crippen molar-refractivity contribution < 1.29 is 29.4 Å². The summed E-state index contributed by atoms with van der Waals surface area (Å²) < 4.78 is 0. The van der Waals surface area contributed by atoms with E-state index in [4.69, 9.17) is 11.5 Å². The number of nitrogens with zero attached hydrogens (tertiary/aromatic N) is 1. The predicted molar refractivity (Wildman–Crippen MR) is 148 cm³/mol. The third-order valence-corrected chi connectivity index (χ3v) is 6.70. The average molecular weight is 560 g/mol. The topological polar surface area (TPSA) is 226 Å². The summed E-state index contributed by atoms with van der Waals surface area (Å²) in [5, 5.41) is 27.0. The third kappa shape index (κ3) is 10.3. The second-order valence-corrected chi connectivity index (χ2v) is 9.87. The zero-order valence-corrected chi connectivity index (χ0v) is 22.9. The van der Waals surface area contributed by atoms with Crippen LogP contribution < -0.4 is 27.4 Å². The van der Waals surface area contributed by atoms with E-state index >= 15 is 0 Å². The Morgan fingerprint density at radius 2 is 1.65 bits per heavy atom. The van der Waals surface area contributed by atoms with Crippen LogP contribution in [-0.2, 0) is 32.0 Å². The molecule has 13 heteroatoms. The second-order valence-electron chi connectivity index (χ2n) is 9.87. The third-order valence-electron chi connectivity index (χ3n) is 6.70. The molecular formula is C27H41N7O6. The van der Waals surface area contributed by atoms with Crippen LogP contribution in [0.3, 0.4) is 0 Å². The first-order valence-electron chi connectivity index (χ1n) is 13.4. The van der Waals surface area contributed by atoms with Crippen LogP contribution in [0.15, 0.2) is 36.8 Å². The normalized spacial score (nSPS) is 14.8. The summed E-state index contributed by atoms with van der Waals surface area (Å²) in [7, 11) is 0. The van der Waals surface area contributed by atoms with E-state index in [0.29, 0.717) is 31.5 Å². The maximum Gasteiger partial charge on any atom is 0.326 e. The molecule has 13 nitrogen and oxygen atoms in total. The lowest BCUT2D eigenvalue weighted by molar-refractivity contribution is -0.143. The minimum Gasteiger partial charge on any atom is -0.508 e. The van der Waals surface area contributed by atoms with Crippen LogP contribution in [0.5, 0.6) is 5.75 Å². The number of H-pyrrole nitrogens is 1. The molecule has 2 aromatic rings. The first-order chi connectivity index (χ1) is 19.0. The highest BCUT2D eigenvalue weighted by molar-refractivity contribution is 5.94.